The van der Waals surface area contributed by atoms with Gasteiger partial charge in [-0.2, -0.15) is 0 Å². The van der Waals surface area contributed by atoms with E-state index in [9.17, 15) is 9.90 Å². The van der Waals surface area contributed by atoms with Gasteiger partial charge in [-0.15, -0.1) is 0 Å². The van der Waals surface area contributed by atoms with E-state index in [4.69, 9.17) is 34.1 Å². The summed E-state index contributed by atoms with van der Waals surface area (Å²) in [6, 6.07) is -0.950. The van der Waals surface area contributed by atoms with Crippen molar-refractivity contribution in [2.24, 2.45) is 5.89 Å². The molecule has 3 atom stereocenters. The van der Waals surface area contributed by atoms with Crippen LogP contribution in [0.15, 0.2) is 12.1 Å². The molecule has 2 aliphatic rings. The Labute approximate surface area is 168 Å². The van der Waals surface area contributed by atoms with Crippen LogP contribution < -0.4 is 9.47 Å². The fourth-order valence-corrected chi connectivity index (χ4v) is 2.56. The number of Topliss-reactive ketones (excluding diaryl/α,β-unsaturated/α-hetero) is 1. The Hall–Kier alpha value is -1.59. The summed E-state index contributed by atoms with van der Waals surface area (Å²) in [6.45, 7) is -7.96. The number of carbonyl (C=O) groups is 1. The number of piperidine rings is 1. The molecule has 132 valence electrons. The molecule has 0 saturated carbocycles. The Morgan fingerprint density at radius 2 is 2.25 bits per heavy atom. The average molecular weight is 352 g/mol. The van der Waals surface area contributed by atoms with Gasteiger partial charge in [0, 0.05) is 47.8 Å². The number of aliphatic hydroxyl groups is 1. The normalized spacial score (nSPS) is 48.9. The molecule has 1 aromatic carbocycles. The summed E-state index contributed by atoms with van der Waals surface area (Å²) in [5, 5.41) is 10.7. The summed E-state index contributed by atoms with van der Waals surface area (Å²) < 4.78 is 154. The number of hydrogen-bond donors (Lipinski definition) is 1. The first-order valence-electron chi connectivity index (χ1n) is 15.9. The number of nitrogens with zero attached hydrogens (tertiary/aromatic N) is 1. The topological polar surface area (TPSA) is 59.0 Å². The third kappa shape index (κ3) is 3.28. The molecule has 0 amide bonds. The number of ether oxygens (including phenoxy) is 2. The maximum atomic E-state index is 13.6. The molecule has 1 unspecified atom stereocenters. The summed E-state index contributed by atoms with van der Waals surface area (Å²) >= 11 is 0. The van der Waals surface area contributed by atoms with Crippen LogP contribution in [-0.4, -0.2) is 48.5 Å². The third-order valence-corrected chi connectivity index (χ3v) is 3.54. The first-order valence-corrected chi connectivity index (χ1v) is 6.88. The molecule has 5 heteroatoms. The van der Waals surface area contributed by atoms with Crippen LogP contribution >= 0.6 is 0 Å². The van der Waals surface area contributed by atoms with Gasteiger partial charge in [-0.25, -0.2) is 0 Å². The Morgan fingerprint density at radius 3 is 2.96 bits per heavy atom. The zero-order valence-electron chi connectivity index (χ0n) is 30.6. The van der Waals surface area contributed by atoms with E-state index in [1.807, 2.05) is 0 Å². The van der Waals surface area contributed by atoms with Gasteiger partial charge in [0.25, 0.3) is 0 Å². The summed E-state index contributed by atoms with van der Waals surface area (Å²) in [5.74, 6) is -7.19. The number of aryl methyl sites for hydroxylation is 1. The van der Waals surface area contributed by atoms with E-state index in [0.29, 0.717) is 24.0 Å². The Bertz CT molecular complexity index is 1270. The van der Waals surface area contributed by atoms with Crippen LogP contribution in [0.5, 0.6) is 11.5 Å². The molecule has 0 aromatic heterocycles. The van der Waals surface area contributed by atoms with Crippen molar-refractivity contribution >= 4 is 5.78 Å². The SMILES string of the molecule is [2H]C([2H])([2H])Oc1cc2c(cc1OC([2H])([2H])[2H])C([2H])([2H])C([2H])([2H])N1C[C@]([2H])(C([2H])([2H])C(C)(O)C([2H])([2H])[2H])C(=O)C([2H])([2H])[C@@H]21. The minimum Gasteiger partial charge on any atom is -0.493 e. The molecular formula is C19H27NO4. The Balaban J connectivity index is 2.38. The second-order valence-electron chi connectivity index (χ2n) is 5.51. The standard InChI is InChI=1S/C19H27NO4/c1-19(2,22)10-13-11-20-6-5-12-7-17(23-3)18(24-4)8-14(12)15(20)9-16(13)21/h7-8,13,15,22H,5-6,9-11H2,1-4H3/t13-,15-/m0/s1/i1D3,3D3,4D3,5D2,6D2,9D2,10D2,13D/t13-,15-,19?. The maximum Gasteiger partial charge on any atom is 0.161 e. The van der Waals surface area contributed by atoms with Gasteiger partial charge in [-0.05, 0) is 49.8 Å². The highest BCUT2D eigenvalue weighted by Crippen LogP contribution is 2.42. The van der Waals surface area contributed by atoms with Crippen molar-refractivity contribution in [3.8, 4) is 11.5 Å². The number of methoxy groups -OCH3 is 2. The lowest BCUT2D eigenvalue weighted by Gasteiger charge is -2.44. The van der Waals surface area contributed by atoms with Crippen molar-refractivity contribution in [2.45, 2.75) is 44.5 Å². The van der Waals surface area contributed by atoms with Gasteiger partial charge >= 0.3 is 0 Å². The molecule has 1 saturated heterocycles. The van der Waals surface area contributed by atoms with Gasteiger partial charge < -0.3 is 14.6 Å². The zero-order chi connectivity index (χ0) is 33.1. The molecule has 3 rings (SSSR count). The molecule has 1 aromatic rings. The van der Waals surface area contributed by atoms with E-state index in [1.54, 1.807) is 0 Å². The maximum absolute atomic E-state index is 13.6. The molecule has 5 nitrogen and oxygen atoms in total. The summed E-state index contributed by atoms with van der Waals surface area (Å²) in [5.41, 5.74) is -4.84. The number of hydrogen-bond acceptors (Lipinski definition) is 5. The van der Waals surface area contributed by atoms with Crippen molar-refractivity contribution < 1.29 is 44.0 Å². The van der Waals surface area contributed by atoms with E-state index in [-0.39, 0.29) is 0 Å². The predicted octanol–water partition coefficient (Wildman–Crippen LogP) is 2.35. The van der Waals surface area contributed by atoms with Gasteiger partial charge in [0.05, 0.1) is 27.9 Å². The lowest BCUT2D eigenvalue weighted by atomic mass is 9.79. The molecule has 0 spiro atoms. The highest BCUT2D eigenvalue weighted by atomic mass is 16.5. The molecule has 2 aliphatic heterocycles. The lowest BCUT2D eigenvalue weighted by Crippen LogP contribution is -2.47. The van der Waals surface area contributed by atoms with Gasteiger partial charge in [0.2, 0.25) is 0 Å². The second-order valence-corrected chi connectivity index (χ2v) is 5.51. The van der Waals surface area contributed by atoms with Crippen molar-refractivity contribution in [3.63, 3.8) is 0 Å². The van der Waals surface area contributed by atoms with E-state index >= 15 is 0 Å². The monoisotopic (exact) mass is 351 g/mol. The van der Waals surface area contributed by atoms with Crippen LogP contribution in [0.3, 0.4) is 0 Å². The molecule has 2 heterocycles. The smallest absolute Gasteiger partial charge is 0.161 e. The van der Waals surface area contributed by atoms with Crippen LogP contribution in [0.2, 0.25) is 0 Å². The minimum atomic E-state index is -3.78. The summed E-state index contributed by atoms with van der Waals surface area (Å²) in [6.07, 6.45) is -10.6. The van der Waals surface area contributed by atoms with E-state index in [0.717, 1.165) is 0 Å². The number of ketones is 1. The van der Waals surface area contributed by atoms with Crippen molar-refractivity contribution in [1.29, 1.82) is 0 Å². The molecule has 0 radical (unpaired) electrons. The molecule has 0 bridgehead atoms. The largest absolute Gasteiger partial charge is 0.493 e. The fourth-order valence-electron chi connectivity index (χ4n) is 2.56. The Kier molecular flexibility index (Phi) is 1.52. The van der Waals surface area contributed by atoms with Gasteiger partial charge in [-0.1, -0.05) is 0 Å². The van der Waals surface area contributed by atoms with Crippen molar-refractivity contribution in [3.05, 3.63) is 23.3 Å². The fraction of sp³-hybridized carbons (Fsp3) is 0.632. The summed E-state index contributed by atoms with van der Waals surface area (Å²) in [4.78, 5) is 13.9. The predicted molar refractivity (Wildman–Crippen MR) is 91.6 cm³/mol. The van der Waals surface area contributed by atoms with Gasteiger partial charge in [0.1, 0.15) is 5.78 Å². The van der Waals surface area contributed by atoms with Crippen LogP contribution in [0, 0.1) is 5.89 Å². The zero-order valence-corrected chi connectivity index (χ0v) is 12.6. The molecular weight excluding hydrogens is 306 g/mol. The highest BCUT2D eigenvalue weighted by Gasteiger charge is 2.40. The summed E-state index contributed by atoms with van der Waals surface area (Å²) in [7, 11) is -6.49. The average Bonchev–Trinajstić information content (AvgIpc) is 2.74. The van der Waals surface area contributed by atoms with Gasteiger partial charge in [-0.3, -0.25) is 9.69 Å². The van der Waals surface area contributed by atoms with Crippen LogP contribution in [0.25, 0.3) is 0 Å². The first-order chi connectivity index (χ1) is 18.3. The number of benzene rings is 1. The van der Waals surface area contributed by atoms with Crippen molar-refractivity contribution in [2.75, 3.05) is 27.1 Å². The van der Waals surface area contributed by atoms with E-state index in [1.165, 1.54) is 0 Å². The van der Waals surface area contributed by atoms with E-state index < -0.39 is 99.0 Å². The number of rotatable bonds is 4. The first kappa shape index (κ1) is 5.71. The third-order valence-electron chi connectivity index (χ3n) is 3.54. The van der Waals surface area contributed by atoms with Crippen LogP contribution in [0.4, 0.5) is 0 Å². The Morgan fingerprint density at radius 1 is 1.50 bits per heavy atom. The number of fused-ring (bicyclic) bond motifs is 3. The highest BCUT2D eigenvalue weighted by molar-refractivity contribution is 5.83. The molecule has 24 heavy (non-hydrogen) atoms. The quantitative estimate of drug-likeness (QED) is 0.902. The molecule has 0 aliphatic carbocycles. The second kappa shape index (κ2) is 6.37. The minimum absolute atomic E-state index is 0.292. The molecule has 1 N–H and O–H groups in total. The number of carbonyl (C=O) groups excluding carboxylic acids is 1. The van der Waals surface area contributed by atoms with Crippen LogP contribution in [0.1, 0.15) is 68.4 Å². The lowest BCUT2D eigenvalue weighted by molar-refractivity contribution is -0.131. The van der Waals surface area contributed by atoms with E-state index in [2.05, 4.69) is 0 Å². The molecule has 1 fully saturated rings. The van der Waals surface area contributed by atoms with Crippen LogP contribution in [-0.2, 0) is 11.2 Å². The van der Waals surface area contributed by atoms with Crippen molar-refractivity contribution in [1.82, 2.24) is 4.90 Å². The van der Waals surface area contributed by atoms with Gasteiger partial charge in [0.15, 0.2) is 11.5 Å².